The van der Waals surface area contributed by atoms with Crippen molar-refractivity contribution in [3.63, 3.8) is 0 Å². The standard InChI is InChI=1S/C18H15ClN4O4S/c19-10-8-11-14(13(18(26)27)16(24)21-15(11)20-9-10)22-3-5-23(6-4-22)17(25)12-2-1-7-28-12/h1-2,7-9H,3-6H2,(H,26,27)(H,20,21,24). The predicted octanol–water partition coefficient (Wildman–Crippen LogP) is 2.30. The second-order valence-corrected chi connectivity index (χ2v) is 7.67. The first-order valence-corrected chi connectivity index (χ1v) is 9.74. The van der Waals surface area contributed by atoms with Crippen molar-refractivity contribution in [1.29, 1.82) is 0 Å². The van der Waals surface area contributed by atoms with E-state index in [4.69, 9.17) is 11.6 Å². The Kier molecular flexibility index (Phi) is 4.78. The molecule has 0 radical (unpaired) electrons. The number of aromatic amines is 1. The number of thiophene rings is 1. The molecular formula is C18H15ClN4O4S. The van der Waals surface area contributed by atoms with Crippen molar-refractivity contribution >= 4 is 51.5 Å². The number of pyridine rings is 2. The maximum absolute atomic E-state index is 12.5. The number of carbonyl (C=O) groups is 2. The van der Waals surface area contributed by atoms with Gasteiger partial charge in [0.15, 0.2) is 0 Å². The molecule has 1 amide bonds. The lowest BCUT2D eigenvalue weighted by Crippen LogP contribution is -2.49. The van der Waals surface area contributed by atoms with Crippen LogP contribution >= 0.6 is 22.9 Å². The zero-order chi connectivity index (χ0) is 19.8. The second kappa shape index (κ2) is 7.25. The van der Waals surface area contributed by atoms with Gasteiger partial charge in [-0.15, -0.1) is 11.3 Å². The van der Waals surface area contributed by atoms with Crippen molar-refractivity contribution in [3.05, 3.63) is 55.6 Å². The highest BCUT2D eigenvalue weighted by atomic mass is 35.5. The predicted molar refractivity (Wildman–Crippen MR) is 107 cm³/mol. The van der Waals surface area contributed by atoms with E-state index in [9.17, 15) is 19.5 Å². The number of aromatic nitrogens is 2. The van der Waals surface area contributed by atoms with E-state index < -0.39 is 11.5 Å². The van der Waals surface area contributed by atoms with Gasteiger partial charge >= 0.3 is 5.97 Å². The van der Waals surface area contributed by atoms with Crippen LogP contribution in [0.15, 0.2) is 34.6 Å². The fraction of sp³-hybridized carbons (Fsp3) is 0.222. The number of H-pyrrole nitrogens is 1. The molecular weight excluding hydrogens is 404 g/mol. The molecule has 144 valence electrons. The first-order valence-electron chi connectivity index (χ1n) is 8.48. The molecule has 0 spiro atoms. The van der Waals surface area contributed by atoms with Gasteiger partial charge in [-0.25, -0.2) is 9.78 Å². The van der Waals surface area contributed by atoms with E-state index >= 15 is 0 Å². The number of hydrogen-bond acceptors (Lipinski definition) is 6. The number of carbonyl (C=O) groups excluding carboxylic acids is 1. The van der Waals surface area contributed by atoms with Crippen LogP contribution in [-0.2, 0) is 0 Å². The monoisotopic (exact) mass is 418 g/mol. The van der Waals surface area contributed by atoms with E-state index in [0.717, 1.165) is 0 Å². The van der Waals surface area contributed by atoms with Gasteiger partial charge in [0.05, 0.1) is 15.6 Å². The molecule has 10 heteroatoms. The molecule has 4 heterocycles. The normalized spacial score (nSPS) is 14.5. The number of anilines is 1. The van der Waals surface area contributed by atoms with Gasteiger partial charge in [0, 0.05) is 37.8 Å². The van der Waals surface area contributed by atoms with Crippen molar-refractivity contribution in [1.82, 2.24) is 14.9 Å². The van der Waals surface area contributed by atoms with Crippen molar-refractivity contribution in [2.24, 2.45) is 0 Å². The third-order valence-corrected chi connectivity index (χ3v) is 5.70. The van der Waals surface area contributed by atoms with Crippen molar-refractivity contribution in [2.45, 2.75) is 0 Å². The minimum Gasteiger partial charge on any atom is -0.477 e. The molecule has 0 unspecified atom stereocenters. The Labute approximate surface area is 168 Å². The van der Waals surface area contributed by atoms with Crippen molar-refractivity contribution in [3.8, 4) is 0 Å². The van der Waals surface area contributed by atoms with Gasteiger partial charge in [0.2, 0.25) is 0 Å². The summed E-state index contributed by atoms with van der Waals surface area (Å²) in [6.07, 6.45) is 1.39. The highest BCUT2D eigenvalue weighted by molar-refractivity contribution is 7.12. The molecule has 0 aliphatic carbocycles. The number of hydrogen-bond donors (Lipinski definition) is 2. The fourth-order valence-electron chi connectivity index (χ4n) is 3.35. The zero-order valence-electron chi connectivity index (χ0n) is 14.5. The zero-order valence-corrected chi connectivity index (χ0v) is 16.1. The van der Waals surface area contributed by atoms with E-state index in [2.05, 4.69) is 9.97 Å². The van der Waals surface area contributed by atoms with Crippen LogP contribution in [0.25, 0.3) is 11.0 Å². The Morgan fingerprint density at radius 1 is 1.25 bits per heavy atom. The van der Waals surface area contributed by atoms with Crippen LogP contribution in [-0.4, -0.2) is 58.0 Å². The summed E-state index contributed by atoms with van der Waals surface area (Å²) in [5.41, 5.74) is -0.521. The van der Waals surface area contributed by atoms with Gasteiger partial charge in [-0.05, 0) is 17.5 Å². The number of carboxylic acid groups (broad SMARTS) is 1. The summed E-state index contributed by atoms with van der Waals surface area (Å²) in [5, 5.41) is 12.3. The minimum atomic E-state index is -1.32. The molecule has 1 saturated heterocycles. The number of fused-ring (bicyclic) bond motifs is 1. The number of halogens is 1. The summed E-state index contributed by atoms with van der Waals surface area (Å²) in [7, 11) is 0. The third kappa shape index (κ3) is 3.23. The number of aromatic carboxylic acids is 1. The summed E-state index contributed by atoms with van der Waals surface area (Å²) in [6, 6.07) is 5.19. The molecule has 1 fully saturated rings. The van der Waals surface area contributed by atoms with E-state index in [0.29, 0.717) is 41.5 Å². The molecule has 0 bridgehead atoms. The van der Waals surface area contributed by atoms with Crippen molar-refractivity contribution in [2.75, 3.05) is 31.1 Å². The van der Waals surface area contributed by atoms with Gasteiger partial charge in [-0.1, -0.05) is 17.7 Å². The lowest BCUT2D eigenvalue weighted by Gasteiger charge is -2.36. The summed E-state index contributed by atoms with van der Waals surface area (Å²) in [4.78, 5) is 47.5. The highest BCUT2D eigenvalue weighted by Crippen LogP contribution is 2.30. The second-order valence-electron chi connectivity index (χ2n) is 6.29. The molecule has 3 aromatic rings. The summed E-state index contributed by atoms with van der Waals surface area (Å²) >= 11 is 7.43. The van der Waals surface area contributed by atoms with E-state index in [1.54, 1.807) is 21.9 Å². The van der Waals surface area contributed by atoms with Crippen LogP contribution in [0.1, 0.15) is 20.0 Å². The molecule has 4 rings (SSSR count). The van der Waals surface area contributed by atoms with Gasteiger partial charge in [0.1, 0.15) is 11.2 Å². The maximum atomic E-state index is 12.5. The summed E-state index contributed by atoms with van der Waals surface area (Å²) in [6.45, 7) is 1.61. The number of nitrogens with zero attached hydrogens (tertiary/aromatic N) is 3. The highest BCUT2D eigenvalue weighted by Gasteiger charge is 2.28. The molecule has 0 saturated carbocycles. The average molecular weight is 419 g/mol. The molecule has 1 aliphatic heterocycles. The van der Waals surface area contributed by atoms with Crippen LogP contribution in [0.2, 0.25) is 5.02 Å². The first-order chi connectivity index (χ1) is 13.5. The minimum absolute atomic E-state index is 0.0476. The van der Waals surface area contributed by atoms with Crippen LogP contribution in [0.4, 0.5) is 5.69 Å². The van der Waals surface area contributed by atoms with Crippen molar-refractivity contribution < 1.29 is 14.7 Å². The van der Waals surface area contributed by atoms with Crippen LogP contribution in [0.5, 0.6) is 0 Å². The van der Waals surface area contributed by atoms with E-state index in [1.165, 1.54) is 17.5 Å². The molecule has 0 atom stereocenters. The number of rotatable bonds is 3. The van der Waals surface area contributed by atoms with Crippen LogP contribution in [0.3, 0.4) is 0 Å². The Hall–Kier alpha value is -2.91. The number of piperazine rings is 1. The van der Waals surface area contributed by atoms with Gasteiger partial charge < -0.3 is 19.9 Å². The lowest BCUT2D eigenvalue weighted by atomic mass is 10.1. The van der Waals surface area contributed by atoms with Gasteiger partial charge in [-0.3, -0.25) is 9.59 Å². The number of nitrogens with one attached hydrogen (secondary N) is 1. The smallest absolute Gasteiger partial charge is 0.343 e. The molecule has 3 aromatic heterocycles. The van der Waals surface area contributed by atoms with Gasteiger partial charge in [0.25, 0.3) is 11.5 Å². The first kappa shape index (κ1) is 18.5. The Morgan fingerprint density at radius 3 is 2.64 bits per heavy atom. The van der Waals surface area contributed by atoms with E-state index in [1.807, 2.05) is 11.4 Å². The lowest BCUT2D eigenvalue weighted by molar-refractivity contribution is 0.0691. The maximum Gasteiger partial charge on any atom is 0.343 e. The SMILES string of the molecule is O=C(O)c1c(N2CCN(C(=O)c3cccs3)CC2)c2cc(Cl)cnc2[nH]c1=O. The Morgan fingerprint density at radius 2 is 2.00 bits per heavy atom. The van der Waals surface area contributed by atoms with Gasteiger partial charge in [-0.2, -0.15) is 0 Å². The summed E-state index contributed by atoms with van der Waals surface area (Å²) in [5.74, 6) is -1.37. The molecule has 1 aliphatic rings. The number of amides is 1. The number of carboxylic acids is 1. The largest absolute Gasteiger partial charge is 0.477 e. The van der Waals surface area contributed by atoms with Crippen LogP contribution in [0, 0.1) is 0 Å². The summed E-state index contributed by atoms with van der Waals surface area (Å²) < 4.78 is 0. The molecule has 8 nitrogen and oxygen atoms in total. The van der Waals surface area contributed by atoms with Crippen LogP contribution < -0.4 is 10.5 Å². The molecule has 2 N–H and O–H groups in total. The quantitative estimate of drug-likeness (QED) is 0.676. The Bertz CT molecular complexity index is 1120. The topological polar surface area (TPSA) is 107 Å². The van der Waals surface area contributed by atoms with E-state index in [-0.39, 0.29) is 22.8 Å². The molecule has 0 aromatic carbocycles. The third-order valence-electron chi connectivity index (χ3n) is 4.63. The fourth-order valence-corrected chi connectivity index (χ4v) is 4.20. The Balaban J connectivity index is 1.70. The molecule has 28 heavy (non-hydrogen) atoms. The average Bonchev–Trinajstić information content (AvgIpc) is 3.21.